The van der Waals surface area contributed by atoms with Gasteiger partial charge in [-0.15, -0.1) is 0 Å². The lowest BCUT2D eigenvalue weighted by atomic mass is 9.89. The van der Waals surface area contributed by atoms with Crippen LogP contribution in [-0.2, 0) is 9.47 Å². The van der Waals surface area contributed by atoms with Crippen LogP contribution in [0.3, 0.4) is 0 Å². The summed E-state index contributed by atoms with van der Waals surface area (Å²) in [6.07, 6.45) is 5.69. The van der Waals surface area contributed by atoms with Crippen LogP contribution < -0.4 is 4.90 Å². The van der Waals surface area contributed by atoms with Crippen molar-refractivity contribution in [2.75, 3.05) is 25.2 Å². The van der Waals surface area contributed by atoms with Gasteiger partial charge in [0.25, 0.3) is 0 Å². The fraction of sp³-hybridized carbons (Fsp3) is 0.643. The summed E-state index contributed by atoms with van der Waals surface area (Å²) in [5.74, 6) is 0.630. The maximum Gasteiger partial charge on any atom is 0.168 e. The summed E-state index contributed by atoms with van der Waals surface area (Å²) >= 11 is 9.48. The Labute approximate surface area is 132 Å². The van der Waals surface area contributed by atoms with Gasteiger partial charge in [0.1, 0.15) is 5.82 Å². The van der Waals surface area contributed by atoms with Gasteiger partial charge in [0, 0.05) is 32.1 Å². The minimum Gasteiger partial charge on any atom is -0.356 e. The van der Waals surface area contributed by atoms with Gasteiger partial charge < -0.3 is 14.4 Å². The molecule has 0 radical (unpaired) electrons. The molecule has 0 bridgehead atoms. The summed E-state index contributed by atoms with van der Waals surface area (Å²) < 4.78 is 12.5. The normalized spacial score (nSPS) is 22.4. The molecule has 6 heteroatoms. The zero-order valence-electron chi connectivity index (χ0n) is 11.4. The van der Waals surface area contributed by atoms with Crippen LogP contribution in [0.1, 0.15) is 25.7 Å². The first kappa shape index (κ1) is 14.6. The summed E-state index contributed by atoms with van der Waals surface area (Å²) in [7, 11) is 2.08. The molecule has 2 fully saturated rings. The first-order chi connectivity index (χ1) is 9.60. The van der Waals surface area contributed by atoms with Crippen LogP contribution >= 0.6 is 27.5 Å². The quantitative estimate of drug-likeness (QED) is 0.806. The van der Waals surface area contributed by atoms with Crippen molar-refractivity contribution in [1.29, 1.82) is 0 Å². The monoisotopic (exact) mass is 360 g/mol. The number of anilines is 1. The smallest absolute Gasteiger partial charge is 0.168 e. The minimum absolute atomic E-state index is 0.304. The van der Waals surface area contributed by atoms with Crippen LogP contribution in [0.15, 0.2) is 16.7 Å². The molecule has 1 saturated heterocycles. The molecule has 0 amide bonds. The number of pyridine rings is 1. The summed E-state index contributed by atoms with van der Waals surface area (Å²) in [5.41, 5.74) is 0. The van der Waals surface area contributed by atoms with E-state index in [1.165, 1.54) is 0 Å². The summed E-state index contributed by atoms with van der Waals surface area (Å²) in [4.78, 5) is 6.65. The molecule has 3 rings (SSSR count). The van der Waals surface area contributed by atoms with Crippen molar-refractivity contribution in [3.63, 3.8) is 0 Å². The van der Waals surface area contributed by atoms with Gasteiger partial charge in [-0.3, -0.25) is 0 Å². The van der Waals surface area contributed by atoms with E-state index in [0.29, 0.717) is 11.1 Å². The number of hydrogen-bond donors (Lipinski definition) is 0. The minimum atomic E-state index is -0.304. The van der Waals surface area contributed by atoms with E-state index >= 15 is 0 Å². The Kier molecular flexibility index (Phi) is 4.22. The van der Waals surface area contributed by atoms with E-state index in [2.05, 4.69) is 32.9 Å². The lowest BCUT2D eigenvalue weighted by Crippen LogP contribution is -2.43. The second kappa shape index (κ2) is 5.79. The molecular weight excluding hydrogens is 344 g/mol. The van der Waals surface area contributed by atoms with Crippen molar-refractivity contribution in [2.24, 2.45) is 0 Å². The summed E-state index contributed by atoms with van der Waals surface area (Å²) in [6.45, 7) is 1.45. The highest BCUT2D eigenvalue weighted by molar-refractivity contribution is 9.10. The van der Waals surface area contributed by atoms with Crippen LogP contribution in [0.4, 0.5) is 5.82 Å². The van der Waals surface area contributed by atoms with Gasteiger partial charge in [0.05, 0.1) is 22.7 Å². The Morgan fingerprint density at radius 2 is 2.00 bits per heavy atom. The Balaban J connectivity index is 1.68. The van der Waals surface area contributed by atoms with Crippen LogP contribution in [0.5, 0.6) is 0 Å². The highest BCUT2D eigenvalue weighted by Crippen LogP contribution is 2.38. The zero-order valence-corrected chi connectivity index (χ0v) is 13.8. The molecule has 110 valence electrons. The third-order valence-electron chi connectivity index (χ3n) is 4.20. The number of aromatic nitrogens is 1. The second-order valence-electron chi connectivity index (χ2n) is 5.41. The van der Waals surface area contributed by atoms with E-state index in [0.717, 1.165) is 49.2 Å². The molecule has 0 atom stereocenters. The molecule has 2 heterocycles. The standard InChI is InChI=1S/C14H18BrClN2O2/c1-18(13-12(15)8-10(16)9-17-13)11-2-4-14(5-3-11)19-6-7-20-14/h8-9,11H,2-7H2,1H3. The molecule has 1 aromatic rings. The van der Waals surface area contributed by atoms with Crippen molar-refractivity contribution >= 4 is 33.3 Å². The van der Waals surface area contributed by atoms with Crippen molar-refractivity contribution in [1.82, 2.24) is 4.98 Å². The predicted octanol–water partition coefficient (Wildman–Crippen LogP) is 3.62. The molecule has 1 spiro atoms. The van der Waals surface area contributed by atoms with E-state index in [1.807, 2.05) is 6.07 Å². The molecule has 0 aromatic carbocycles. The number of nitrogens with zero attached hydrogens (tertiary/aromatic N) is 2. The van der Waals surface area contributed by atoms with Crippen molar-refractivity contribution < 1.29 is 9.47 Å². The van der Waals surface area contributed by atoms with Gasteiger partial charge in [0.15, 0.2) is 5.79 Å². The summed E-state index contributed by atoms with van der Waals surface area (Å²) in [5, 5.41) is 0.643. The molecule has 2 aliphatic rings. The SMILES string of the molecule is CN(c1ncc(Cl)cc1Br)C1CCC2(CC1)OCCO2. The lowest BCUT2D eigenvalue weighted by Gasteiger charge is -2.39. The van der Waals surface area contributed by atoms with Crippen LogP contribution in [0, 0.1) is 0 Å². The molecule has 1 aliphatic carbocycles. The number of halogens is 2. The van der Waals surface area contributed by atoms with E-state index in [-0.39, 0.29) is 5.79 Å². The van der Waals surface area contributed by atoms with Gasteiger partial charge in [-0.2, -0.15) is 0 Å². The lowest BCUT2D eigenvalue weighted by molar-refractivity contribution is -0.178. The van der Waals surface area contributed by atoms with Gasteiger partial charge in [-0.1, -0.05) is 11.6 Å². The number of ether oxygens (including phenoxy) is 2. The van der Waals surface area contributed by atoms with Crippen LogP contribution in [0.25, 0.3) is 0 Å². The molecule has 0 unspecified atom stereocenters. The first-order valence-electron chi connectivity index (χ1n) is 6.91. The average Bonchev–Trinajstić information content (AvgIpc) is 2.87. The second-order valence-corrected chi connectivity index (χ2v) is 6.70. The number of rotatable bonds is 2. The molecule has 0 N–H and O–H groups in total. The fourth-order valence-corrected chi connectivity index (χ4v) is 3.97. The Hall–Kier alpha value is -0.360. The first-order valence-corrected chi connectivity index (χ1v) is 8.08. The molecular formula is C14H18BrClN2O2. The Bertz CT molecular complexity index is 484. The predicted molar refractivity (Wildman–Crippen MR) is 82.2 cm³/mol. The van der Waals surface area contributed by atoms with Crippen LogP contribution in [0.2, 0.25) is 5.02 Å². The van der Waals surface area contributed by atoms with Crippen LogP contribution in [-0.4, -0.2) is 37.1 Å². The Morgan fingerprint density at radius 3 is 2.60 bits per heavy atom. The highest BCUT2D eigenvalue weighted by Gasteiger charge is 2.41. The van der Waals surface area contributed by atoms with E-state index < -0.39 is 0 Å². The Morgan fingerprint density at radius 1 is 1.35 bits per heavy atom. The van der Waals surface area contributed by atoms with E-state index in [9.17, 15) is 0 Å². The molecule has 4 nitrogen and oxygen atoms in total. The largest absolute Gasteiger partial charge is 0.356 e. The molecule has 20 heavy (non-hydrogen) atoms. The third-order valence-corrected chi connectivity index (χ3v) is 4.99. The van der Waals surface area contributed by atoms with E-state index in [4.69, 9.17) is 21.1 Å². The topological polar surface area (TPSA) is 34.6 Å². The summed E-state index contributed by atoms with van der Waals surface area (Å²) in [6, 6.07) is 2.34. The fourth-order valence-electron chi connectivity index (χ4n) is 3.06. The van der Waals surface area contributed by atoms with Gasteiger partial charge >= 0.3 is 0 Å². The van der Waals surface area contributed by atoms with E-state index in [1.54, 1.807) is 6.20 Å². The molecule has 1 aromatic heterocycles. The molecule has 1 aliphatic heterocycles. The number of hydrogen-bond acceptors (Lipinski definition) is 4. The van der Waals surface area contributed by atoms with Gasteiger partial charge in [0.2, 0.25) is 0 Å². The van der Waals surface area contributed by atoms with Crippen molar-refractivity contribution in [2.45, 2.75) is 37.5 Å². The molecule has 1 saturated carbocycles. The average molecular weight is 362 g/mol. The highest BCUT2D eigenvalue weighted by atomic mass is 79.9. The van der Waals surface area contributed by atoms with Crippen molar-refractivity contribution in [3.8, 4) is 0 Å². The van der Waals surface area contributed by atoms with Crippen molar-refractivity contribution in [3.05, 3.63) is 21.8 Å². The zero-order chi connectivity index (χ0) is 14.2. The van der Waals surface area contributed by atoms with Gasteiger partial charge in [-0.05, 0) is 34.8 Å². The maximum absolute atomic E-state index is 5.95. The maximum atomic E-state index is 5.95. The van der Waals surface area contributed by atoms with Gasteiger partial charge in [-0.25, -0.2) is 4.98 Å². The third kappa shape index (κ3) is 2.82.